The molecule has 0 aliphatic heterocycles. The Balaban J connectivity index is 1.67. The molecule has 0 saturated heterocycles. The molecule has 0 aliphatic rings. The minimum Gasteiger partial charge on any atom is -0.465 e. The molecule has 0 saturated carbocycles. The smallest absolute Gasteiger partial charge is 0.255 e. The molecule has 4 nitrogen and oxygen atoms in total. The summed E-state index contributed by atoms with van der Waals surface area (Å²) in [6.45, 7) is 8.43. The molecule has 6 heteroatoms. The molecule has 3 rings (SSSR count). The van der Waals surface area contributed by atoms with Crippen molar-refractivity contribution in [3.63, 3.8) is 0 Å². The molecule has 126 valence electrons. The van der Waals surface area contributed by atoms with E-state index in [2.05, 4.69) is 37.1 Å². The van der Waals surface area contributed by atoms with Gasteiger partial charge in [0, 0.05) is 10.8 Å². The molecule has 1 amide bonds. The predicted molar refractivity (Wildman–Crippen MR) is 98.7 cm³/mol. The van der Waals surface area contributed by atoms with Crippen molar-refractivity contribution in [1.29, 1.82) is 0 Å². The lowest BCUT2D eigenvalue weighted by Crippen LogP contribution is -2.23. The van der Waals surface area contributed by atoms with Gasteiger partial charge in [0.1, 0.15) is 16.5 Å². The summed E-state index contributed by atoms with van der Waals surface area (Å²) in [5, 5.41) is 7.94. The van der Waals surface area contributed by atoms with E-state index in [-0.39, 0.29) is 11.3 Å². The highest BCUT2D eigenvalue weighted by Gasteiger charge is 2.23. The number of carbonyl (C=O) groups is 1. The van der Waals surface area contributed by atoms with Crippen molar-refractivity contribution < 1.29 is 9.21 Å². The number of aryl methyl sites for hydroxylation is 1. The van der Waals surface area contributed by atoms with Crippen LogP contribution in [0.4, 0.5) is 0 Å². The molecule has 3 aromatic rings. The van der Waals surface area contributed by atoms with Gasteiger partial charge >= 0.3 is 0 Å². The Morgan fingerprint density at radius 3 is 2.75 bits per heavy atom. The van der Waals surface area contributed by atoms with Crippen molar-refractivity contribution in [3.8, 4) is 9.88 Å². The molecule has 1 N–H and O–H groups in total. The van der Waals surface area contributed by atoms with E-state index in [0.717, 1.165) is 21.3 Å². The van der Waals surface area contributed by atoms with Crippen LogP contribution in [0.25, 0.3) is 9.88 Å². The van der Waals surface area contributed by atoms with Crippen LogP contribution in [0, 0.1) is 6.92 Å². The number of nitrogens with zero attached hydrogens (tertiary/aromatic N) is 1. The van der Waals surface area contributed by atoms with Gasteiger partial charge in [-0.1, -0.05) is 26.8 Å². The molecule has 0 atom stereocenters. The van der Waals surface area contributed by atoms with Crippen LogP contribution in [0.2, 0.25) is 0 Å². The molecule has 3 aromatic heterocycles. The van der Waals surface area contributed by atoms with Gasteiger partial charge in [-0.05, 0) is 24.4 Å². The summed E-state index contributed by atoms with van der Waals surface area (Å²) in [5.74, 6) is 1.34. The van der Waals surface area contributed by atoms with Crippen molar-refractivity contribution >= 4 is 28.6 Å². The molecule has 0 aromatic carbocycles. The fraction of sp³-hybridized carbons (Fsp3) is 0.333. The molecule has 0 fully saturated rings. The Bertz CT molecular complexity index is 839. The highest BCUT2D eigenvalue weighted by Crippen LogP contribution is 2.28. The van der Waals surface area contributed by atoms with E-state index in [1.807, 2.05) is 29.8 Å². The van der Waals surface area contributed by atoms with E-state index >= 15 is 0 Å². The molecule has 0 aliphatic carbocycles. The third-order valence-electron chi connectivity index (χ3n) is 3.62. The van der Waals surface area contributed by atoms with Crippen LogP contribution in [0.5, 0.6) is 0 Å². The number of furan rings is 1. The van der Waals surface area contributed by atoms with Crippen molar-refractivity contribution in [2.75, 3.05) is 0 Å². The van der Waals surface area contributed by atoms with Crippen molar-refractivity contribution in [2.45, 2.75) is 39.7 Å². The fourth-order valence-electron chi connectivity index (χ4n) is 2.24. The number of carbonyl (C=O) groups excluding carboxylic acids is 1. The van der Waals surface area contributed by atoms with Gasteiger partial charge in [-0.3, -0.25) is 4.79 Å². The maximum atomic E-state index is 12.4. The van der Waals surface area contributed by atoms with Crippen LogP contribution in [-0.4, -0.2) is 10.9 Å². The van der Waals surface area contributed by atoms with Crippen LogP contribution < -0.4 is 5.32 Å². The topological polar surface area (TPSA) is 55.1 Å². The highest BCUT2D eigenvalue weighted by molar-refractivity contribution is 7.20. The second-order valence-corrected chi connectivity index (χ2v) is 8.44. The number of thiophene rings is 1. The van der Waals surface area contributed by atoms with Crippen molar-refractivity contribution in [2.24, 2.45) is 0 Å². The summed E-state index contributed by atoms with van der Waals surface area (Å²) >= 11 is 3.26. The number of thiazole rings is 1. The number of hydrogen-bond donors (Lipinski definition) is 1. The lowest BCUT2D eigenvalue weighted by atomic mass is 9.93. The van der Waals surface area contributed by atoms with E-state index in [4.69, 9.17) is 4.42 Å². The number of amides is 1. The molecule has 24 heavy (non-hydrogen) atoms. The molecule has 0 unspecified atom stereocenters. The minimum atomic E-state index is -0.127. The number of rotatable bonds is 4. The number of nitrogens with one attached hydrogen (secondary N) is 1. The van der Waals surface area contributed by atoms with Crippen LogP contribution in [0.1, 0.15) is 48.3 Å². The minimum absolute atomic E-state index is 0.117. The molecular formula is C18H20N2O2S2. The van der Waals surface area contributed by atoms with Crippen molar-refractivity contribution in [1.82, 2.24) is 10.3 Å². The largest absolute Gasteiger partial charge is 0.465 e. The standard InChI is InChI=1S/C18H20N2O2S2/c1-11-13(8-15(22-11)18(2,3)4)16(21)19-9-12-10-24-17(20-12)14-6-5-7-23-14/h5-8,10H,9H2,1-4H3,(H,19,21). The zero-order chi connectivity index (χ0) is 17.3. The van der Waals surface area contributed by atoms with E-state index < -0.39 is 0 Å². The van der Waals surface area contributed by atoms with Gasteiger partial charge < -0.3 is 9.73 Å². The molecule has 3 heterocycles. The van der Waals surface area contributed by atoms with Crippen LogP contribution >= 0.6 is 22.7 Å². The van der Waals surface area contributed by atoms with Gasteiger partial charge in [0.25, 0.3) is 5.91 Å². The summed E-state index contributed by atoms with van der Waals surface area (Å²) in [4.78, 5) is 18.1. The maximum absolute atomic E-state index is 12.4. The first-order valence-corrected chi connectivity index (χ1v) is 9.48. The zero-order valence-electron chi connectivity index (χ0n) is 14.2. The second-order valence-electron chi connectivity index (χ2n) is 6.63. The SMILES string of the molecule is Cc1oc(C(C)(C)C)cc1C(=O)NCc1csc(-c2cccs2)n1. The normalized spacial score (nSPS) is 11.7. The first-order valence-electron chi connectivity index (χ1n) is 7.72. The highest BCUT2D eigenvalue weighted by atomic mass is 32.1. The quantitative estimate of drug-likeness (QED) is 0.712. The lowest BCUT2D eigenvalue weighted by molar-refractivity contribution is 0.0949. The van der Waals surface area contributed by atoms with Gasteiger partial charge in [0.2, 0.25) is 0 Å². The Hall–Kier alpha value is -1.92. The average molecular weight is 361 g/mol. The summed E-state index contributed by atoms with van der Waals surface area (Å²) in [6.07, 6.45) is 0. The van der Waals surface area contributed by atoms with Crippen LogP contribution in [-0.2, 0) is 12.0 Å². The monoisotopic (exact) mass is 360 g/mol. The molecule has 0 spiro atoms. The van der Waals surface area contributed by atoms with Gasteiger partial charge in [-0.15, -0.1) is 22.7 Å². The first kappa shape index (κ1) is 16.9. The van der Waals surface area contributed by atoms with Gasteiger partial charge in [0.05, 0.1) is 22.7 Å². The van der Waals surface area contributed by atoms with Gasteiger partial charge in [-0.2, -0.15) is 0 Å². The Labute approximate surface area is 149 Å². The van der Waals surface area contributed by atoms with Crippen molar-refractivity contribution in [3.05, 3.63) is 51.7 Å². The van der Waals surface area contributed by atoms with Gasteiger partial charge in [-0.25, -0.2) is 4.98 Å². The summed E-state index contributed by atoms with van der Waals surface area (Å²) in [5.41, 5.74) is 1.34. The lowest BCUT2D eigenvalue weighted by Gasteiger charge is -2.13. The van der Waals surface area contributed by atoms with Crippen LogP contribution in [0.3, 0.4) is 0 Å². The molecule has 0 bridgehead atoms. The maximum Gasteiger partial charge on any atom is 0.255 e. The number of hydrogen-bond acceptors (Lipinski definition) is 5. The third-order valence-corrected chi connectivity index (χ3v) is 5.55. The van der Waals surface area contributed by atoms with E-state index in [9.17, 15) is 4.79 Å². The average Bonchev–Trinajstić information content (AvgIpc) is 3.23. The Morgan fingerprint density at radius 2 is 2.12 bits per heavy atom. The fourth-order valence-corrected chi connectivity index (χ4v) is 3.88. The number of aromatic nitrogens is 1. The van der Waals surface area contributed by atoms with E-state index in [1.165, 1.54) is 0 Å². The van der Waals surface area contributed by atoms with E-state index in [0.29, 0.717) is 17.9 Å². The third kappa shape index (κ3) is 3.60. The Morgan fingerprint density at radius 1 is 1.33 bits per heavy atom. The molecular weight excluding hydrogens is 340 g/mol. The summed E-state index contributed by atoms with van der Waals surface area (Å²) in [6, 6.07) is 5.90. The zero-order valence-corrected chi connectivity index (χ0v) is 15.8. The predicted octanol–water partition coefficient (Wildman–Crippen LogP) is 5.00. The Kier molecular flexibility index (Phi) is 4.60. The first-order chi connectivity index (χ1) is 11.3. The van der Waals surface area contributed by atoms with Crippen LogP contribution in [0.15, 0.2) is 33.4 Å². The summed E-state index contributed by atoms with van der Waals surface area (Å²) in [7, 11) is 0. The second kappa shape index (κ2) is 6.53. The molecule has 0 radical (unpaired) electrons. The van der Waals surface area contributed by atoms with Gasteiger partial charge in [0.15, 0.2) is 0 Å². The van der Waals surface area contributed by atoms with E-state index in [1.54, 1.807) is 22.7 Å². The summed E-state index contributed by atoms with van der Waals surface area (Å²) < 4.78 is 5.73.